The van der Waals surface area contributed by atoms with Crippen LogP contribution in [0.5, 0.6) is 0 Å². The summed E-state index contributed by atoms with van der Waals surface area (Å²) in [4.78, 5) is 25.7. The van der Waals surface area contributed by atoms with Crippen LogP contribution in [-0.4, -0.2) is 33.0 Å². The lowest BCUT2D eigenvalue weighted by Crippen LogP contribution is -2.37. The second-order valence-electron chi connectivity index (χ2n) is 7.80. The number of nitrogens with one attached hydrogen (secondary N) is 2. The third kappa shape index (κ3) is 6.43. The Labute approximate surface area is 194 Å². The van der Waals surface area contributed by atoms with E-state index < -0.39 is 22.5 Å². The monoisotopic (exact) mass is 465 g/mol. The van der Waals surface area contributed by atoms with Crippen LogP contribution in [0.3, 0.4) is 0 Å². The van der Waals surface area contributed by atoms with Crippen molar-refractivity contribution in [3.8, 4) is 0 Å². The van der Waals surface area contributed by atoms with Crippen LogP contribution in [0.4, 0.5) is 11.4 Å². The van der Waals surface area contributed by atoms with E-state index in [1.807, 2.05) is 44.2 Å². The molecule has 1 atom stereocenters. The van der Waals surface area contributed by atoms with Crippen LogP contribution in [0.15, 0.2) is 78.9 Å². The molecule has 33 heavy (non-hydrogen) atoms. The summed E-state index contributed by atoms with van der Waals surface area (Å²) in [7, 11) is -3.70. The second-order valence-corrected chi connectivity index (χ2v) is 9.71. The molecule has 3 aromatic rings. The maximum Gasteiger partial charge on any atom is 0.253 e. The van der Waals surface area contributed by atoms with Crippen molar-refractivity contribution in [1.82, 2.24) is 5.32 Å². The molecule has 2 N–H and O–H groups in total. The minimum atomic E-state index is -3.70. The van der Waals surface area contributed by atoms with Gasteiger partial charge in [-0.2, -0.15) is 0 Å². The fraction of sp³-hybridized carbons (Fsp3) is 0.200. The first-order chi connectivity index (χ1) is 15.6. The van der Waals surface area contributed by atoms with E-state index in [1.54, 1.807) is 48.5 Å². The van der Waals surface area contributed by atoms with Crippen molar-refractivity contribution in [2.75, 3.05) is 22.4 Å². The molecule has 3 rings (SSSR count). The largest absolute Gasteiger partial charge is 0.345 e. The molecule has 0 aliphatic carbocycles. The maximum atomic E-state index is 12.9. The molecule has 2 amide bonds. The summed E-state index contributed by atoms with van der Waals surface area (Å²) < 4.78 is 25.7. The molecule has 8 heteroatoms. The van der Waals surface area contributed by atoms with Gasteiger partial charge in [-0.1, -0.05) is 60.2 Å². The summed E-state index contributed by atoms with van der Waals surface area (Å²) in [5.41, 5.74) is 2.91. The lowest BCUT2D eigenvalue weighted by molar-refractivity contribution is -0.114. The van der Waals surface area contributed by atoms with Crippen molar-refractivity contribution >= 4 is 33.2 Å². The molecule has 0 radical (unpaired) electrons. The predicted octanol–water partition coefficient (Wildman–Crippen LogP) is 3.89. The predicted molar refractivity (Wildman–Crippen MR) is 131 cm³/mol. The standard InChI is InChI=1S/C25H27N3O4S/c1-18-13-15-21(16-14-18)28(33(3,31)32)17-24(29)27-23-12-8-7-11-22(23)25(30)26-19(2)20-9-5-4-6-10-20/h4-16,19H,17H2,1-3H3,(H,26,30)(H,27,29)/t19-/m0/s1. The summed E-state index contributed by atoms with van der Waals surface area (Å²) in [6, 6.07) is 22.8. The third-order valence-corrected chi connectivity index (χ3v) is 6.24. The Morgan fingerprint density at radius 3 is 2.15 bits per heavy atom. The number of nitrogens with zero attached hydrogens (tertiary/aromatic N) is 1. The first-order valence-corrected chi connectivity index (χ1v) is 12.3. The van der Waals surface area contributed by atoms with E-state index in [0.29, 0.717) is 11.4 Å². The first kappa shape index (κ1) is 24.0. The van der Waals surface area contributed by atoms with Crippen molar-refractivity contribution in [2.24, 2.45) is 0 Å². The fourth-order valence-electron chi connectivity index (χ4n) is 3.32. The summed E-state index contributed by atoms with van der Waals surface area (Å²) in [6.45, 7) is 3.35. The number of carbonyl (C=O) groups excluding carboxylic acids is 2. The first-order valence-electron chi connectivity index (χ1n) is 10.4. The zero-order valence-electron chi connectivity index (χ0n) is 18.8. The van der Waals surface area contributed by atoms with Crippen molar-refractivity contribution in [3.05, 3.63) is 95.6 Å². The van der Waals surface area contributed by atoms with E-state index in [4.69, 9.17) is 0 Å². The van der Waals surface area contributed by atoms with Gasteiger partial charge in [0.15, 0.2) is 0 Å². The number of hydrogen-bond donors (Lipinski definition) is 2. The highest BCUT2D eigenvalue weighted by Crippen LogP contribution is 2.20. The zero-order valence-corrected chi connectivity index (χ0v) is 19.6. The van der Waals surface area contributed by atoms with Gasteiger partial charge in [-0.15, -0.1) is 0 Å². The number of carbonyl (C=O) groups is 2. The molecule has 0 saturated carbocycles. The number of amides is 2. The van der Waals surface area contributed by atoms with Gasteiger partial charge < -0.3 is 10.6 Å². The minimum Gasteiger partial charge on any atom is -0.345 e. The van der Waals surface area contributed by atoms with E-state index in [2.05, 4.69) is 10.6 Å². The van der Waals surface area contributed by atoms with Crippen LogP contribution in [0.2, 0.25) is 0 Å². The number of anilines is 2. The summed E-state index contributed by atoms with van der Waals surface area (Å²) in [5, 5.41) is 5.61. The lowest BCUT2D eigenvalue weighted by atomic mass is 10.1. The highest BCUT2D eigenvalue weighted by atomic mass is 32.2. The number of benzene rings is 3. The zero-order chi connectivity index (χ0) is 24.0. The topological polar surface area (TPSA) is 95.6 Å². The Kier molecular flexibility index (Phi) is 7.50. The molecule has 0 aromatic heterocycles. The minimum absolute atomic E-state index is 0.232. The Hall–Kier alpha value is -3.65. The highest BCUT2D eigenvalue weighted by Gasteiger charge is 2.22. The van der Waals surface area contributed by atoms with Gasteiger partial charge in [-0.25, -0.2) is 8.42 Å². The quantitative estimate of drug-likeness (QED) is 0.528. The Morgan fingerprint density at radius 2 is 1.52 bits per heavy atom. The van der Waals surface area contributed by atoms with Gasteiger partial charge in [0, 0.05) is 0 Å². The van der Waals surface area contributed by atoms with E-state index >= 15 is 0 Å². The number of hydrogen-bond acceptors (Lipinski definition) is 4. The molecule has 0 unspecified atom stereocenters. The number of aryl methyl sites for hydroxylation is 1. The molecule has 0 aliphatic heterocycles. The van der Waals surface area contributed by atoms with Gasteiger partial charge in [-0.3, -0.25) is 13.9 Å². The van der Waals surface area contributed by atoms with Crippen LogP contribution < -0.4 is 14.9 Å². The van der Waals surface area contributed by atoms with E-state index in [-0.39, 0.29) is 17.5 Å². The van der Waals surface area contributed by atoms with Crippen LogP contribution in [0.25, 0.3) is 0 Å². The normalized spacial score (nSPS) is 12.0. The van der Waals surface area contributed by atoms with E-state index in [0.717, 1.165) is 21.7 Å². The molecule has 0 fully saturated rings. The molecule has 0 spiro atoms. The van der Waals surface area contributed by atoms with Gasteiger partial charge in [-0.05, 0) is 43.7 Å². The Balaban J connectivity index is 1.76. The average Bonchev–Trinajstić information content (AvgIpc) is 2.78. The molecular weight excluding hydrogens is 438 g/mol. The van der Waals surface area contributed by atoms with Crippen molar-refractivity contribution in [2.45, 2.75) is 19.9 Å². The third-order valence-electron chi connectivity index (χ3n) is 5.10. The number of para-hydroxylation sites is 1. The SMILES string of the molecule is Cc1ccc(N(CC(=O)Nc2ccccc2C(=O)N[C@@H](C)c2ccccc2)S(C)(=O)=O)cc1. The van der Waals surface area contributed by atoms with Gasteiger partial charge in [0.05, 0.1) is 29.2 Å². The molecule has 0 saturated heterocycles. The van der Waals surface area contributed by atoms with Gasteiger partial charge >= 0.3 is 0 Å². The highest BCUT2D eigenvalue weighted by molar-refractivity contribution is 7.92. The van der Waals surface area contributed by atoms with Gasteiger partial charge in [0.1, 0.15) is 6.54 Å². The molecule has 0 heterocycles. The van der Waals surface area contributed by atoms with Crippen LogP contribution in [0, 0.1) is 6.92 Å². The Bertz CT molecular complexity index is 1230. The van der Waals surface area contributed by atoms with Crippen molar-refractivity contribution in [3.63, 3.8) is 0 Å². The Morgan fingerprint density at radius 1 is 0.909 bits per heavy atom. The van der Waals surface area contributed by atoms with E-state index in [1.165, 1.54) is 0 Å². The van der Waals surface area contributed by atoms with Crippen molar-refractivity contribution in [1.29, 1.82) is 0 Å². The number of sulfonamides is 1. The molecule has 0 aliphatic rings. The molecule has 172 valence electrons. The molecule has 3 aromatic carbocycles. The second kappa shape index (κ2) is 10.3. The van der Waals surface area contributed by atoms with E-state index in [9.17, 15) is 18.0 Å². The van der Waals surface area contributed by atoms with Crippen LogP contribution in [0.1, 0.15) is 34.5 Å². The summed E-state index contributed by atoms with van der Waals surface area (Å²) in [5.74, 6) is -0.905. The lowest BCUT2D eigenvalue weighted by Gasteiger charge is -2.22. The smallest absolute Gasteiger partial charge is 0.253 e. The molecular formula is C25H27N3O4S. The summed E-state index contributed by atoms with van der Waals surface area (Å²) >= 11 is 0. The average molecular weight is 466 g/mol. The van der Waals surface area contributed by atoms with Crippen LogP contribution >= 0.6 is 0 Å². The van der Waals surface area contributed by atoms with Gasteiger partial charge in [0.2, 0.25) is 15.9 Å². The number of rotatable bonds is 8. The maximum absolute atomic E-state index is 12.9. The van der Waals surface area contributed by atoms with Crippen molar-refractivity contribution < 1.29 is 18.0 Å². The van der Waals surface area contributed by atoms with Crippen LogP contribution in [-0.2, 0) is 14.8 Å². The fourth-order valence-corrected chi connectivity index (χ4v) is 4.18. The molecule has 0 bridgehead atoms. The van der Waals surface area contributed by atoms with Gasteiger partial charge in [0.25, 0.3) is 5.91 Å². The molecule has 7 nitrogen and oxygen atoms in total. The summed E-state index contributed by atoms with van der Waals surface area (Å²) in [6.07, 6.45) is 1.05.